The van der Waals surface area contributed by atoms with Crippen LogP contribution in [0.4, 0.5) is 18.0 Å². The summed E-state index contributed by atoms with van der Waals surface area (Å²) in [5.41, 5.74) is 0.361. The van der Waals surface area contributed by atoms with Gasteiger partial charge in [-0.1, -0.05) is 12.1 Å². The average molecular weight is 638 g/mol. The highest BCUT2D eigenvalue weighted by atomic mass is 19.3. The molecule has 2 aliphatic heterocycles. The van der Waals surface area contributed by atoms with Crippen molar-refractivity contribution in [2.45, 2.75) is 64.0 Å². The van der Waals surface area contributed by atoms with Crippen LogP contribution in [0.5, 0.6) is 11.5 Å². The lowest BCUT2D eigenvalue weighted by atomic mass is 9.96. The number of pyridine rings is 1. The molecule has 1 N–H and O–H groups in total. The Labute approximate surface area is 263 Å². The molecule has 46 heavy (non-hydrogen) atoms. The van der Waals surface area contributed by atoms with Crippen LogP contribution in [0.25, 0.3) is 22.2 Å². The van der Waals surface area contributed by atoms with Crippen LogP contribution in [0, 0.1) is 5.82 Å². The fourth-order valence-corrected chi connectivity index (χ4v) is 6.30. The topological polar surface area (TPSA) is 108 Å². The van der Waals surface area contributed by atoms with E-state index in [4.69, 9.17) is 19.2 Å². The summed E-state index contributed by atoms with van der Waals surface area (Å²) >= 11 is 0. The summed E-state index contributed by atoms with van der Waals surface area (Å²) in [5, 5.41) is 2.83. The van der Waals surface area contributed by atoms with Crippen LogP contribution >= 0.6 is 0 Å². The van der Waals surface area contributed by atoms with Crippen molar-refractivity contribution in [1.29, 1.82) is 0 Å². The Kier molecular flexibility index (Phi) is 7.70. The Morgan fingerprint density at radius 3 is 2.67 bits per heavy atom. The molecule has 0 aliphatic carbocycles. The van der Waals surface area contributed by atoms with Gasteiger partial charge in [-0.05, 0) is 72.5 Å². The smallest absolute Gasteiger partial charge is 0.408 e. The van der Waals surface area contributed by atoms with E-state index in [1.54, 1.807) is 50.5 Å². The number of alkyl carbamates (subject to hydrolysis) is 1. The van der Waals surface area contributed by atoms with Gasteiger partial charge in [0.25, 0.3) is 0 Å². The fraction of sp³-hybridized carbons (Fsp3) is 0.394. The van der Waals surface area contributed by atoms with Crippen molar-refractivity contribution >= 4 is 23.4 Å². The van der Waals surface area contributed by atoms with E-state index in [2.05, 4.69) is 10.3 Å². The molecule has 0 bridgehead atoms. The van der Waals surface area contributed by atoms with E-state index in [9.17, 15) is 18.4 Å². The molecule has 6 rings (SSSR count). The summed E-state index contributed by atoms with van der Waals surface area (Å²) in [6.07, 6.45) is 1.81. The summed E-state index contributed by atoms with van der Waals surface area (Å²) in [7, 11) is 3.70. The molecule has 0 fully saturated rings. The van der Waals surface area contributed by atoms with E-state index in [1.165, 1.54) is 24.4 Å². The summed E-state index contributed by atoms with van der Waals surface area (Å²) in [4.78, 5) is 35.9. The minimum absolute atomic E-state index is 0.0996. The normalized spacial score (nSPS) is 20.5. The SMILES string of the molecule is CN(C)C1C[C@H](c2c(C=O)cccc2OC(F)F)n2c1nc1ccc(-c3cnc4c(c3)OCC4(C)NC(=O)OC(C)(C)C)c(F)c12. The van der Waals surface area contributed by atoms with Gasteiger partial charge >= 0.3 is 12.7 Å². The van der Waals surface area contributed by atoms with Gasteiger partial charge < -0.3 is 24.1 Å². The largest absolute Gasteiger partial charge is 0.489 e. The quantitative estimate of drug-likeness (QED) is 0.233. The van der Waals surface area contributed by atoms with Crippen molar-refractivity contribution < 1.29 is 37.0 Å². The molecule has 4 aromatic rings. The highest BCUT2D eigenvalue weighted by molar-refractivity contribution is 5.85. The van der Waals surface area contributed by atoms with Crippen LogP contribution in [0.3, 0.4) is 0 Å². The molecule has 10 nitrogen and oxygen atoms in total. The van der Waals surface area contributed by atoms with Gasteiger partial charge in [0, 0.05) is 28.5 Å². The van der Waals surface area contributed by atoms with E-state index in [-0.39, 0.29) is 40.6 Å². The standard InChI is InChI=1S/C33H34F3N5O5/c1-32(2,3)46-31(43)39-33(4)16-44-24-12-18(14-37-28(24)33)19-10-11-20-27(26(19)34)41-21(13-22(40(5)6)29(41)38-20)25-17(15-42)8-7-9-23(25)45-30(35)36/h7-12,14-15,21-22,30H,13,16H2,1-6H3,(H,39,43)/t21-,22?,33?/m1/s1. The van der Waals surface area contributed by atoms with Crippen LogP contribution < -0.4 is 14.8 Å². The molecule has 1 amide bonds. The van der Waals surface area contributed by atoms with Crippen molar-refractivity contribution in [3.05, 3.63) is 71.1 Å². The number of amides is 1. The minimum atomic E-state index is -3.12. The third-order valence-corrected chi connectivity index (χ3v) is 8.25. The van der Waals surface area contributed by atoms with Gasteiger partial charge in [0.15, 0.2) is 12.1 Å². The summed E-state index contributed by atoms with van der Waals surface area (Å²) in [6.45, 7) is 4.04. The van der Waals surface area contributed by atoms with Gasteiger partial charge in [-0.15, -0.1) is 0 Å². The second-order valence-electron chi connectivity index (χ2n) is 12.9. The fourth-order valence-electron chi connectivity index (χ4n) is 6.30. The number of rotatable bonds is 7. The molecule has 2 aromatic heterocycles. The van der Waals surface area contributed by atoms with Crippen LogP contribution in [0.2, 0.25) is 0 Å². The Morgan fingerprint density at radius 2 is 2.00 bits per heavy atom. The number of ether oxygens (including phenoxy) is 3. The third-order valence-electron chi connectivity index (χ3n) is 8.25. The number of hydrogen-bond donors (Lipinski definition) is 1. The molecular formula is C33H34F3N5O5. The summed E-state index contributed by atoms with van der Waals surface area (Å²) in [6, 6.07) is 8.27. The third kappa shape index (κ3) is 5.42. The van der Waals surface area contributed by atoms with E-state index in [1.807, 2.05) is 19.0 Å². The van der Waals surface area contributed by atoms with Crippen LogP contribution in [-0.2, 0) is 10.3 Å². The van der Waals surface area contributed by atoms with Crippen LogP contribution in [-0.4, -0.2) is 64.7 Å². The number of benzene rings is 2. The molecule has 13 heteroatoms. The maximum Gasteiger partial charge on any atom is 0.408 e. The maximum atomic E-state index is 16.7. The minimum Gasteiger partial charge on any atom is -0.489 e. The summed E-state index contributed by atoms with van der Waals surface area (Å²) in [5.74, 6) is 0.156. The van der Waals surface area contributed by atoms with E-state index < -0.39 is 35.7 Å². The van der Waals surface area contributed by atoms with Crippen molar-refractivity contribution in [2.75, 3.05) is 20.7 Å². The van der Waals surface area contributed by atoms with Crippen LogP contribution in [0.1, 0.15) is 73.6 Å². The number of fused-ring (bicyclic) bond motifs is 4. The molecule has 3 atom stereocenters. The first kappa shape index (κ1) is 31.3. The highest BCUT2D eigenvalue weighted by Crippen LogP contribution is 2.48. The van der Waals surface area contributed by atoms with Gasteiger partial charge in [0.1, 0.15) is 46.3 Å². The monoisotopic (exact) mass is 637 g/mol. The Bertz CT molecular complexity index is 1850. The zero-order valence-electron chi connectivity index (χ0n) is 26.2. The predicted molar refractivity (Wildman–Crippen MR) is 163 cm³/mol. The highest BCUT2D eigenvalue weighted by Gasteiger charge is 2.42. The first-order chi connectivity index (χ1) is 21.7. The average Bonchev–Trinajstić information content (AvgIpc) is 3.62. The number of aldehydes is 1. The van der Waals surface area contributed by atoms with Crippen LogP contribution in [0.15, 0.2) is 42.6 Å². The van der Waals surface area contributed by atoms with Gasteiger partial charge in [0.05, 0.1) is 17.6 Å². The van der Waals surface area contributed by atoms with E-state index >= 15 is 4.39 Å². The van der Waals surface area contributed by atoms with Crippen molar-refractivity contribution in [1.82, 2.24) is 24.8 Å². The Hall–Kier alpha value is -4.65. The second kappa shape index (κ2) is 11.3. The molecule has 0 radical (unpaired) electrons. The number of halogens is 3. The molecule has 0 spiro atoms. The first-order valence-electron chi connectivity index (χ1n) is 14.7. The molecule has 2 aliphatic rings. The Balaban J connectivity index is 1.44. The first-order valence-corrected chi connectivity index (χ1v) is 14.7. The van der Waals surface area contributed by atoms with Gasteiger partial charge in [-0.25, -0.2) is 14.2 Å². The van der Waals surface area contributed by atoms with Crippen molar-refractivity contribution in [3.8, 4) is 22.6 Å². The lowest BCUT2D eigenvalue weighted by Crippen LogP contribution is -2.47. The number of hydrogen-bond acceptors (Lipinski definition) is 8. The molecule has 242 valence electrons. The number of imidazole rings is 1. The number of alkyl halides is 2. The van der Waals surface area contributed by atoms with Gasteiger partial charge in [-0.3, -0.25) is 14.7 Å². The molecular weight excluding hydrogens is 603 g/mol. The number of nitrogens with one attached hydrogen (secondary N) is 1. The lowest BCUT2D eigenvalue weighted by molar-refractivity contribution is -0.0507. The predicted octanol–water partition coefficient (Wildman–Crippen LogP) is 6.38. The number of nitrogens with zero attached hydrogens (tertiary/aromatic N) is 4. The lowest BCUT2D eigenvalue weighted by Gasteiger charge is -2.26. The van der Waals surface area contributed by atoms with Crippen molar-refractivity contribution in [3.63, 3.8) is 0 Å². The molecule has 2 unspecified atom stereocenters. The number of aromatic nitrogens is 3. The van der Waals surface area contributed by atoms with Crippen molar-refractivity contribution in [2.24, 2.45) is 0 Å². The molecule has 4 heterocycles. The molecule has 0 saturated heterocycles. The van der Waals surface area contributed by atoms with E-state index in [0.717, 1.165) is 0 Å². The van der Waals surface area contributed by atoms with E-state index in [0.29, 0.717) is 41.1 Å². The zero-order chi connectivity index (χ0) is 33.1. The summed E-state index contributed by atoms with van der Waals surface area (Å²) < 4.78 is 61.5. The zero-order valence-corrected chi connectivity index (χ0v) is 26.2. The van der Waals surface area contributed by atoms with Gasteiger partial charge in [-0.2, -0.15) is 8.78 Å². The second-order valence-corrected chi connectivity index (χ2v) is 12.9. The van der Waals surface area contributed by atoms with Gasteiger partial charge in [0.2, 0.25) is 0 Å². The molecule has 2 aromatic carbocycles. The maximum absolute atomic E-state index is 16.7. The molecule has 0 saturated carbocycles. The number of carbonyl (C=O) groups is 2. The Morgan fingerprint density at radius 1 is 1.24 bits per heavy atom. The number of carbonyl (C=O) groups excluding carboxylic acids is 2.